The van der Waals surface area contributed by atoms with Crippen molar-refractivity contribution in [3.8, 4) is 5.75 Å². The number of ether oxygens (including phenoxy) is 1. The van der Waals surface area contributed by atoms with E-state index in [1.165, 1.54) is 13.2 Å². The number of carbonyl (C=O) groups excluding carboxylic acids is 1. The molecule has 0 fully saturated rings. The van der Waals surface area contributed by atoms with Crippen LogP contribution in [0.5, 0.6) is 5.75 Å². The topological polar surface area (TPSA) is 121 Å². The molecule has 2 heterocycles. The summed E-state index contributed by atoms with van der Waals surface area (Å²) in [5.41, 5.74) is 1.80. The van der Waals surface area contributed by atoms with Crippen molar-refractivity contribution >= 4 is 18.1 Å². The van der Waals surface area contributed by atoms with Crippen LogP contribution in [0.3, 0.4) is 0 Å². The second-order valence-corrected chi connectivity index (χ2v) is 4.45. The molecule has 3 N–H and O–H groups in total. The molecule has 23 heavy (non-hydrogen) atoms. The van der Waals surface area contributed by atoms with Gasteiger partial charge in [0.2, 0.25) is 5.56 Å². The number of methoxy groups -OCH3 is 1. The Hall–Kier alpha value is -3.16. The van der Waals surface area contributed by atoms with Gasteiger partial charge in [-0.15, -0.1) is 0 Å². The van der Waals surface area contributed by atoms with Crippen LogP contribution in [0.25, 0.3) is 0 Å². The fraction of sp³-hybridized carbons (Fsp3) is 0.200. The average molecular weight is 319 g/mol. The molecule has 0 bridgehead atoms. The Morgan fingerprint density at radius 1 is 1.39 bits per heavy atom. The van der Waals surface area contributed by atoms with Gasteiger partial charge in [-0.05, 0) is 26.0 Å². The van der Waals surface area contributed by atoms with Crippen LogP contribution in [0.4, 0.5) is 5.69 Å². The highest BCUT2D eigenvalue weighted by molar-refractivity contribution is 6.05. The Morgan fingerprint density at radius 3 is 2.61 bits per heavy atom. The third-order valence-electron chi connectivity index (χ3n) is 2.78. The van der Waals surface area contributed by atoms with Gasteiger partial charge in [0.25, 0.3) is 12.4 Å². The van der Waals surface area contributed by atoms with Crippen LogP contribution in [0, 0.1) is 13.8 Å². The number of anilines is 1. The van der Waals surface area contributed by atoms with Crippen LogP contribution < -0.4 is 15.6 Å². The van der Waals surface area contributed by atoms with Gasteiger partial charge in [-0.3, -0.25) is 19.4 Å². The van der Waals surface area contributed by atoms with Crippen LogP contribution in [-0.4, -0.2) is 34.6 Å². The Morgan fingerprint density at radius 2 is 2.04 bits per heavy atom. The zero-order chi connectivity index (χ0) is 17.4. The molecule has 0 aliphatic carbocycles. The third kappa shape index (κ3) is 4.95. The summed E-state index contributed by atoms with van der Waals surface area (Å²) in [6.45, 7) is 3.25. The van der Waals surface area contributed by atoms with E-state index in [-0.39, 0.29) is 17.9 Å². The maximum atomic E-state index is 12.2. The van der Waals surface area contributed by atoms with Crippen LogP contribution in [-0.2, 0) is 4.79 Å². The van der Waals surface area contributed by atoms with Gasteiger partial charge in [0.15, 0.2) is 5.75 Å². The SMILES string of the molecule is COc1c(NC(=O)c2cc(C)[nH]c(=O)c2)ccnc1C.O=CO. The van der Waals surface area contributed by atoms with E-state index in [0.717, 1.165) is 0 Å². The number of amides is 1. The minimum atomic E-state index is -0.372. The molecule has 2 rings (SSSR count). The zero-order valence-electron chi connectivity index (χ0n) is 12.9. The molecule has 8 nitrogen and oxygen atoms in total. The lowest BCUT2D eigenvalue weighted by atomic mass is 10.2. The van der Waals surface area contributed by atoms with Crippen molar-refractivity contribution in [2.45, 2.75) is 13.8 Å². The summed E-state index contributed by atoms with van der Waals surface area (Å²) in [5.74, 6) is 0.130. The summed E-state index contributed by atoms with van der Waals surface area (Å²) in [6.07, 6.45) is 1.58. The number of aromatic nitrogens is 2. The average Bonchev–Trinajstić information content (AvgIpc) is 2.47. The Kier molecular flexibility index (Phi) is 6.47. The molecule has 0 spiro atoms. The van der Waals surface area contributed by atoms with Gasteiger partial charge in [0.05, 0.1) is 18.5 Å². The summed E-state index contributed by atoms with van der Waals surface area (Å²) < 4.78 is 5.22. The number of nitrogens with one attached hydrogen (secondary N) is 2. The largest absolute Gasteiger partial charge is 0.493 e. The van der Waals surface area contributed by atoms with Gasteiger partial charge < -0.3 is 20.1 Å². The molecule has 1 amide bonds. The van der Waals surface area contributed by atoms with Crippen molar-refractivity contribution in [2.24, 2.45) is 0 Å². The molecule has 0 unspecified atom stereocenters. The summed E-state index contributed by atoms with van der Waals surface area (Å²) in [4.78, 5) is 38.6. The molecule has 0 aromatic carbocycles. The summed E-state index contributed by atoms with van der Waals surface area (Å²) in [6, 6.07) is 4.50. The molecule has 0 aliphatic rings. The van der Waals surface area contributed by atoms with Gasteiger partial charge in [-0.2, -0.15) is 0 Å². The van der Waals surface area contributed by atoms with Crippen molar-refractivity contribution in [1.29, 1.82) is 0 Å². The zero-order valence-corrected chi connectivity index (χ0v) is 12.9. The minimum absolute atomic E-state index is 0.250. The van der Waals surface area contributed by atoms with Crippen molar-refractivity contribution in [1.82, 2.24) is 9.97 Å². The first-order valence-electron chi connectivity index (χ1n) is 6.52. The number of hydrogen-bond acceptors (Lipinski definition) is 5. The number of hydrogen-bond donors (Lipinski definition) is 3. The highest BCUT2D eigenvalue weighted by Gasteiger charge is 2.12. The first kappa shape index (κ1) is 17.9. The van der Waals surface area contributed by atoms with Gasteiger partial charge in [-0.25, -0.2) is 0 Å². The maximum absolute atomic E-state index is 12.2. The van der Waals surface area contributed by atoms with Crippen LogP contribution in [0.2, 0.25) is 0 Å². The van der Waals surface area contributed by atoms with E-state index in [0.29, 0.717) is 28.4 Å². The molecule has 0 aliphatic heterocycles. The first-order chi connectivity index (χ1) is 10.9. The predicted octanol–water partition coefficient (Wildman–Crippen LogP) is 1.35. The molecule has 0 saturated carbocycles. The number of rotatable bonds is 3. The monoisotopic (exact) mass is 319 g/mol. The standard InChI is InChI=1S/C14H15N3O3.CH2O2/c1-8-6-10(7-12(18)16-8)14(19)17-11-4-5-15-9(2)13(11)20-3;2-1-3/h4-7H,1-3H3,(H,16,18)(H,15,17,19);1H,(H,2,3). The summed E-state index contributed by atoms with van der Waals surface area (Å²) in [7, 11) is 1.51. The van der Waals surface area contributed by atoms with Crippen LogP contribution in [0.1, 0.15) is 21.7 Å². The predicted molar refractivity (Wildman–Crippen MR) is 84.0 cm³/mol. The molecule has 0 radical (unpaired) electrons. The van der Waals surface area contributed by atoms with Gasteiger partial charge in [0.1, 0.15) is 0 Å². The fourth-order valence-corrected chi connectivity index (χ4v) is 1.92. The second-order valence-electron chi connectivity index (χ2n) is 4.45. The maximum Gasteiger partial charge on any atom is 0.290 e. The molecule has 122 valence electrons. The molecule has 2 aromatic rings. The number of pyridine rings is 2. The van der Waals surface area contributed by atoms with Crippen molar-refractivity contribution < 1.29 is 19.4 Å². The number of aryl methyl sites for hydroxylation is 2. The smallest absolute Gasteiger partial charge is 0.290 e. The number of carbonyl (C=O) groups is 2. The van der Waals surface area contributed by atoms with Crippen molar-refractivity contribution in [3.63, 3.8) is 0 Å². The van der Waals surface area contributed by atoms with Crippen LogP contribution in [0.15, 0.2) is 29.2 Å². The first-order valence-corrected chi connectivity index (χ1v) is 6.52. The normalized spacial score (nSPS) is 9.35. The van der Waals surface area contributed by atoms with Gasteiger partial charge >= 0.3 is 0 Å². The van der Waals surface area contributed by atoms with E-state index < -0.39 is 0 Å². The molecule has 0 saturated heterocycles. The van der Waals surface area contributed by atoms with E-state index in [4.69, 9.17) is 14.6 Å². The molecular formula is C15H17N3O5. The third-order valence-corrected chi connectivity index (χ3v) is 2.78. The van der Waals surface area contributed by atoms with Crippen molar-refractivity contribution in [3.05, 3.63) is 51.7 Å². The van der Waals surface area contributed by atoms with Crippen molar-refractivity contribution in [2.75, 3.05) is 12.4 Å². The van der Waals surface area contributed by atoms with Gasteiger partial charge in [0, 0.05) is 23.5 Å². The molecule has 8 heteroatoms. The highest BCUT2D eigenvalue weighted by atomic mass is 16.5. The van der Waals surface area contributed by atoms with E-state index in [1.54, 1.807) is 32.2 Å². The highest BCUT2D eigenvalue weighted by Crippen LogP contribution is 2.26. The number of nitrogens with zero attached hydrogens (tertiary/aromatic N) is 1. The minimum Gasteiger partial charge on any atom is -0.493 e. The van der Waals surface area contributed by atoms with E-state index in [2.05, 4.69) is 15.3 Å². The Labute approximate surface area is 132 Å². The fourth-order valence-electron chi connectivity index (χ4n) is 1.92. The van der Waals surface area contributed by atoms with E-state index in [9.17, 15) is 9.59 Å². The van der Waals surface area contributed by atoms with Crippen LogP contribution >= 0.6 is 0 Å². The quantitative estimate of drug-likeness (QED) is 0.734. The number of H-pyrrole nitrogens is 1. The lowest BCUT2D eigenvalue weighted by Crippen LogP contribution is -2.17. The molecular weight excluding hydrogens is 302 g/mol. The lowest BCUT2D eigenvalue weighted by Gasteiger charge is -2.11. The van der Waals surface area contributed by atoms with E-state index in [1.807, 2.05) is 0 Å². The Bertz CT molecular complexity index is 755. The summed E-state index contributed by atoms with van der Waals surface area (Å²) in [5, 5.41) is 9.61. The Balaban J connectivity index is 0.000000816. The van der Waals surface area contributed by atoms with Gasteiger partial charge in [-0.1, -0.05) is 0 Å². The number of carboxylic acid groups (broad SMARTS) is 1. The summed E-state index contributed by atoms with van der Waals surface area (Å²) >= 11 is 0. The second kappa shape index (κ2) is 8.32. The molecule has 0 atom stereocenters. The number of aromatic amines is 1. The molecule has 2 aromatic heterocycles. The lowest BCUT2D eigenvalue weighted by molar-refractivity contribution is -0.122. The van der Waals surface area contributed by atoms with E-state index >= 15 is 0 Å².